The molecular formula is C19H21IN5OP. The Bertz CT molecular complexity index is 1000. The predicted octanol–water partition coefficient (Wildman–Crippen LogP) is 3.68. The Morgan fingerprint density at radius 1 is 1.33 bits per heavy atom. The number of halogens is 1. The largest absolute Gasteiger partial charge is 0.476 e. The molecule has 8 heteroatoms. The SMILES string of the molecule is C#Cc1nn(PI)c2ccc(-c3cnn(C)c3OCCN3CCCC3)cc12. The summed E-state index contributed by atoms with van der Waals surface area (Å²) in [4.78, 5) is 2.44. The summed E-state index contributed by atoms with van der Waals surface area (Å²) in [6.45, 7) is 3.97. The van der Waals surface area contributed by atoms with Crippen LogP contribution in [0.15, 0.2) is 24.4 Å². The number of fused-ring (bicyclic) bond motifs is 1. The maximum atomic E-state index is 6.12. The minimum absolute atomic E-state index is 0.509. The van der Waals surface area contributed by atoms with E-state index >= 15 is 0 Å². The Kier molecular flexibility index (Phi) is 5.67. The van der Waals surface area contributed by atoms with Crippen LogP contribution >= 0.6 is 28.4 Å². The number of ether oxygens (including phenoxy) is 1. The zero-order valence-electron chi connectivity index (χ0n) is 15.2. The van der Waals surface area contributed by atoms with E-state index in [9.17, 15) is 0 Å². The van der Waals surface area contributed by atoms with Gasteiger partial charge >= 0.3 is 0 Å². The average Bonchev–Trinajstić information content (AvgIpc) is 3.41. The molecule has 0 N–H and O–H groups in total. The minimum atomic E-state index is 0.509. The van der Waals surface area contributed by atoms with E-state index < -0.39 is 0 Å². The summed E-state index contributed by atoms with van der Waals surface area (Å²) in [5.41, 5.74) is 3.75. The van der Waals surface area contributed by atoms with E-state index in [0.717, 1.165) is 34.5 Å². The number of benzene rings is 1. The molecule has 27 heavy (non-hydrogen) atoms. The predicted molar refractivity (Wildman–Crippen MR) is 119 cm³/mol. The summed E-state index contributed by atoms with van der Waals surface area (Å²) in [6, 6.07) is 6.25. The molecule has 0 radical (unpaired) electrons. The smallest absolute Gasteiger partial charge is 0.219 e. The van der Waals surface area contributed by atoms with Crippen LogP contribution in [0.1, 0.15) is 18.5 Å². The number of rotatable bonds is 6. The number of aryl methyl sites for hydroxylation is 1. The molecule has 1 aliphatic rings. The maximum absolute atomic E-state index is 6.12. The van der Waals surface area contributed by atoms with Gasteiger partial charge in [-0.3, -0.25) is 4.90 Å². The Labute approximate surface area is 173 Å². The number of terminal acetylenes is 1. The summed E-state index contributed by atoms with van der Waals surface area (Å²) in [7, 11) is 1.91. The van der Waals surface area contributed by atoms with E-state index in [1.165, 1.54) is 25.9 Å². The van der Waals surface area contributed by atoms with Gasteiger partial charge in [0, 0.05) is 19.0 Å². The number of nitrogens with zero attached hydrogens (tertiary/aromatic N) is 5. The standard InChI is InChI=1S/C19H21IN5OP/c1-3-17-15-12-14(6-7-18(15)25(22-17)27-20)16-13-21-23(2)19(16)26-11-10-24-8-4-5-9-24/h1,6-7,12-13,27H,4-5,8-11H2,2H3. The topological polar surface area (TPSA) is 48.1 Å². The van der Waals surface area contributed by atoms with E-state index in [0.29, 0.717) is 18.7 Å². The van der Waals surface area contributed by atoms with E-state index in [1.54, 1.807) is 4.68 Å². The molecule has 6 nitrogen and oxygen atoms in total. The lowest BCUT2D eigenvalue weighted by Gasteiger charge is -2.15. The fourth-order valence-electron chi connectivity index (χ4n) is 3.53. The van der Waals surface area contributed by atoms with Gasteiger partial charge in [0.1, 0.15) is 12.3 Å². The lowest BCUT2D eigenvalue weighted by Crippen LogP contribution is -2.25. The second kappa shape index (κ2) is 8.17. The molecule has 0 saturated carbocycles. The van der Waals surface area contributed by atoms with Crippen LogP contribution in [0.5, 0.6) is 5.88 Å². The number of hydrogen-bond donors (Lipinski definition) is 0. The second-order valence-corrected chi connectivity index (χ2v) is 8.65. The van der Waals surface area contributed by atoms with E-state index in [1.807, 2.05) is 17.7 Å². The third-order valence-corrected chi connectivity index (χ3v) is 6.81. The van der Waals surface area contributed by atoms with Crippen molar-refractivity contribution in [1.82, 2.24) is 24.2 Å². The minimum Gasteiger partial charge on any atom is -0.476 e. The van der Waals surface area contributed by atoms with Crippen molar-refractivity contribution in [2.45, 2.75) is 12.8 Å². The van der Waals surface area contributed by atoms with Gasteiger partial charge in [-0.2, -0.15) is 10.2 Å². The number of likely N-dealkylation sites (tertiary alicyclic amines) is 1. The number of aromatic nitrogens is 4. The molecule has 1 unspecified atom stereocenters. The first kappa shape index (κ1) is 18.7. The molecule has 0 aliphatic carbocycles. The Hall–Kier alpha value is -1.62. The van der Waals surface area contributed by atoms with Crippen LogP contribution in [0.4, 0.5) is 0 Å². The van der Waals surface area contributed by atoms with Crippen molar-refractivity contribution in [2.75, 3.05) is 26.2 Å². The van der Waals surface area contributed by atoms with E-state index in [2.05, 4.69) is 61.3 Å². The van der Waals surface area contributed by atoms with Gasteiger partial charge in [0.05, 0.1) is 23.7 Å². The summed E-state index contributed by atoms with van der Waals surface area (Å²) in [5.74, 6) is 3.49. The highest BCUT2D eigenvalue weighted by molar-refractivity contribution is 14.2. The van der Waals surface area contributed by atoms with Crippen molar-refractivity contribution in [3.8, 4) is 29.4 Å². The molecule has 1 fully saturated rings. The Morgan fingerprint density at radius 2 is 2.15 bits per heavy atom. The normalized spacial score (nSPS) is 15.1. The van der Waals surface area contributed by atoms with Crippen LogP contribution in [0.25, 0.3) is 22.0 Å². The highest BCUT2D eigenvalue weighted by Gasteiger charge is 2.17. The molecule has 3 aromatic rings. The zero-order valence-corrected chi connectivity index (χ0v) is 18.3. The third kappa shape index (κ3) is 3.71. The first-order valence-corrected chi connectivity index (χ1v) is 13.0. The molecule has 1 saturated heterocycles. The third-order valence-electron chi connectivity index (χ3n) is 4.94. The molecule has 0 amide bonds. The van der Waals surface area contributed by atoms with Gasteiger partial charge in [0.2, 0.25) is 5.88 Å². The summed E-state index contributed by atoms with van der Waals surface area (Å²) in [6.07, 6.45) is 10.6. The van der Waals surface area contributed by atoms with Gasteiger partial charge in [-0.1, -0.05) is 6.07 Å². The fraction of sp³-hybridized carbons (Fsp3) is 0.368. The quantitative estimate of drug-likeness (QED) is 0.299. The van der Waals surface area contributed by atoms with Crippen LogP contribution in [-0.4, -0.2) is 50.5 Å². The molecule has 1 aliphatic heterocycles. The van der Waals surface area contributed by atoms with Crippen LogP contribution in [0, 0.1) is 12.3 Å². The monoisotopic (exact) mass is 493 g/mol. The molecule has 1 atom stereocenters. The lowest BCUT2D eigenvalue weighted by atomic mass is 10.1. The summed E-state index contributed by atoms with van der Waals surface area (Å²) in [5, 5.41) is 9.91. The van der Waals surface area contributed by atoms with Crippen LogP contribution in [0.2, 0.25) is 0 Å². The molecule has 3 heterocycles. The van der Waals surface area contributed by atoms with Crippen molar-refractivity contribution in [3.05, 3.63) is 30.1 Å². The first-order chi connectivity index (χ1) is 13.2. The van der Waals surface area contributed by atoms with Crippen molar-refractivity contribution in [2.24, 2.45) is 7.05 Å². The van der Waals surface area contributed by atoms with Gasteiger partial charge in [0.25, 0.3) is 0 Å². The zero-order chi connectivity index (χ0) is 18.8. The summed E-state index contributed by atoms with van der Waals surface area (Å²) < 4.78 is 9.86. The molecule has 0 spiro atoms. The van der Waals surface area contributed by atoms with Crippen molar-refractivity contribution >= 4 is 39.3 Å². The van der Waals surface area contributed by atoms with Crippen LogP contribution in [0.3, 0.4) is 0 Å². The lowest BCUT2D eigenvalue weighted by molar-refractivity contribution is 0.225. The fourth-order valence-corrected chi connectivity index (χ4v) is 5.06. The molecule has 4 rings (SSSR count). The van der Waals surface area contributed by atoms with Crippen molar-refractivity contribution in [1.29, 1.82) is 0 Å². The second-order valence-electron chi connectivity index (χ2n) is 6.61. The maximum Gasteiger partial charge on any atom is 0.219 e. The van der Waals surface area contributed by atoms with Gasteiger partial charge in [0.15, 0.2) is 0 Å². The number of hydrogen-bond acceptors (Lipinski definition) is 4. The van der Waals surface area contributed by atoms with Gasteiger partial charge in [-0.25, -0.2) is 9.13 Å². The molecular weight excluding hydrogens is 472 g/mol. The van der Waals surface area contributed by atoms with Gasteiger partial charge in [-0.05, 0) is 71.6 Å². The van der Waals surface area contributed by atoms with Gasteiger partial charge in [-0.15, -0.1) is 6.42 Å². The molecule has 0 bridgehead atoms. The van der Waals surface area contributed by atoms with Crippen molar-refractivity contribution < 1.29 is 4.74 Å². The average molecular weight is 493 g/mol. The van der Waals surface area contributed by atoms with Crippen LogP contribution < -0.4 is 4.74 Å². The van der Waals surface area contributed by atoms with E-state index in [4.69, 9.17) is 11.2 Å². The van der Waals surface area contributed by atoms with E-state index in [-0.39, 0.29) is 0 Å². The highest BCUT2D eigenvalue weighted by Crippen LogP contribution is 2.35. The Balaban J connectivity index is 1.62. The Morgan fingerprint density at radius 3 is 2.89 bits per heavy atom. The molecule has 140 valence electrons. The van der Waals surface area contributed by atoms with Gasteiger partial charge < -0.3 is 4.74 Å². The highest BCUT2D eigenvalue weighted by atomic mass is 127. The first-order valence-electron chi connectivity index (χ1n) is 8.95. The molecule has 2 aromatic heterocycles. The van der Waals surface area contributed by atoms with Crippen LogP contribution in [-0.2, 0) is 7.05 Å². The molecule has 1 aromatic carbocycles. The summed E-state index contributed by atoms with van der Waals surface area (Å²) >= 11 is 2.31. The van der Waals surface area contributed by atoms with Crippen molar-refractivity contribution in [3.63, 3.8) is 0 Å².